The molecule has 3 aromatic rings. The van der Waals surface area contributed by atoms with Gasteiger partial charge in [0.1, 0.15) is 18.5 Å². The normalized spacial score (nSPS) is 21.9. The molecule has 2 aliphatic heterocycles. The van der Waals surface area contributed by atoms with Crippen LogP contribution in [-0.4, -0.2) is 65.9 Å². The van der Waals surface area contributed by atoms with Crippen molar-refractivity contribution in [3.05, 3.63) is 76.8 Å². The molecule has 2 aliphatic rings. The van der Waals surface area contributed by atoms with E-state index in [9.17, 15) is 4.79 Å². The smallest absolute Gasteiger partial charge is 0.222 e. The molecule has 0 N–H and O–H groups in total. The van der Waals surface area contributed by atoms with Crippen molar-refractivity contribution in [2.45, 2.75) is 31.8 Å². The molecule has 2 saturated heterocycles. The third kappa shape index (κ3) is 5.88. The van der Waals surface area contributed by atoms with Gasteiger partial charge in [0, 0.05) is 61.3 Å². The first-order chi connectivity index (χ1) is 18.0. The highest BCUT2D eigenvalue weighted by Crippen LogP contribution is 2.40. The molecule has 2 fully saturated rings. The molecular formula is C27H30Cl2N4O4. The average Bonchev–Trinajstić information content (AvgIpc) is 3.58. The number of carbonyl (C=O) groups excluding carboxylic acids is 1. The average molecular weight is 545 g/mol. The number of anilines is 1. The molecular weight excluding hydrogens is 515 g/mol. The van der Waals surface area contributed by atoms with Crippen LogP contribution in [0.15, 0.2) is 61.2 Å². The summed E-state index contributed by atoms with van der Waals surface area (Å²) in [6, 6.07) is 13.3. The van der Waals surface area contributed by atoms with Gasteiger partial charge in [-0.15, -0.1) is 0 Å². The van der Waals surface area contributed by atoms with Gasteiger partial charge >= 0.3 is 0 Å². The van der Waals surface area contributed by atoms with E-state index in [1.54, 1.807) is 24.7 Å². The molecule has 10 heteroatoms. The number of hydrogen-bond donors (Lipinski definition) is 0. The Hall–Kier alpha value is -2.78. The van der Waals surface area contributed by atoms with E-state index in [2.05, 4.69) is 22.0 Å². The number of piperazine rings is 1. The second-order valence-corrected chi connectivity index (χ2v) is 10.0. The van der Waals surface area contributed by atoms with E-state index in [-0.39, 0.29) is 12.0 Å². The van der Waals surface area contributed by atoms with Crippen LogP contribution in [0, 0.1) is 0 Å². The zero-order chi connectivity index (χ0) is 25.8. The van der Waals surface area contributed by atoms with Crippen LogP contribution in [0.2, 0.25) is 10.0 Å². The van der Waals surface area contributed by atoms with E-state index >= 15 is 0 Å². The summed E-state index contributed by atoms with van der Waals surface area (Å²) in [5, 5.41) is 1.02. The monoisotopic (exact) mass is 544 g/mol. The Labute approximate surface area is 226 Å². The maximum Gasteiger partial charge on any atom is 0.222 e. The van der Waals surface area contributed by atoms with Crippen molar-refractivity contribution in [2.24, 2.45) is 0 Å². The number of carbonyl (C=O) groups is 1. The number of imidazole rings is 1. The lowest BCUT2D eigenvalue weighted by molar-refractivity contribution is -0.189. The summed E-state index contributed by atoms with van der Waals surface area (Å²) in [5.74, 6) is -0.112. The van der Waals surface area contributed by atoms with Gasteiger partial charge in [0.15, 0.2) is 0 Å². The molecule has 8 nitrogen and oxygen atoms in total. The standard InChI is InChI=1S/C27H30Cl2N4O4/c1-2-26(34)33-13-11-32(12-14-33)21-4-6-22(7-5-21)35-16-23-17-36-27(37-23,18-31-10-9-30-19-31)24-8-3-20(28)15-25(24)29/h3-10,15,19,23H,2,11-14,16-18H2,1H3. The minimum absolute atomic E-state index is 0.217. The lowest BCUT2D eigenvalue weighted by Crippen LogP contribution is -2.48. The van der Waals surface area contributed by atoms with E-state index < -0.39 is 5.79 Å². The molecule has 37 heavy (non-hydrogen) atoms. The van der Waals surface area contributed by atoms with Gasteiger partial charge < -0.3 is 28.6 Å². The van der Waals surface area contributed by atoms with Crippen LogP contribution < -0.4 is 9.64 Å². The van der Waals surface area contributed by atoms with Crippen molar-refractivity contribution in [3.63, 3.8) is 0 Å². The van der Waals surface area contributed by atoms with Gasteiger partial charge in [-0.05, 0) is 36.4 Å². The van der Waals surface area contributed by atoms with Gasteiger partial charge in [0.05, 0.1) is 24.5 Å². The largest absolute Gasteiger partial charge is 0.491 e. The summed E-state index contributed by atoms with van der Waals surface area (Å²) in [7, 11) is 0. The summed E-state index contributed by atoms with van der Waals surface area (Å²) in [5.41, 5.74) is 1.83. The molecule has 0 aliphatic carbocycles. The van der Waals surface area contributed by atoms with Crippen molar-refractivity contribution in [3.8, 4) is 5.75 Å². The minimum Gasteiger partial charge on any atom is -0.491 e. The fourth-order valence-corrected chi connectivity index (χ4v) is 5.31. The highest BCUT2D eigenvalue weighted by atomic mass is 35.5. The highest BCUT2D eigenvalue weighted by molar-refractivity contribution is 6.35. The number of ether oxygens (including phenoxy) is 3. The second-order valence-electron chi connectivity index (χ2n) is 9.19. The third-order valence-electron chi connectivity index (χ3n) is 6.72. The third-order valence-corrected chi connectivity index (χ3v) is 7.27. The predicted octanol–water partition coefficient (Wildman–Crippen LogP) is 4.60. The molecule has 0 bridgehead atoms. The number of aromatic nitrogens is 2. The summed E-state index contributed by atoms with van der Waals surface area (Å²) >= 11 is 12.7. The van der Waals surface area contributed by atoms with Crippen LogP contribution in [0.3, 0.4) is 0 Å². The van der Waals surface area contributed by atoms with Crippen molar-refractivity contribution in [1.82, 2.24) is 14.5 Å². The number of nitrogens with zero attached hydrogens (tertiary/aromatic N) is 4. The van der Waals surface area contributed by atoms with Gasteiger partial charge in [-0.1, -0.05) is 36.2 Å². The van der Waals surface area contributed by atoms with Crippen molar-refractivity contribution in [1.29, 1.82) is 0 Å². The molecule has 0 radical (unpaired) electrons. The first-order valence-electron chi connectivity index (χ1n) is 12.4. The number of halogens is 2. The predicted molar refractivity (Wildman–Crippen MR) is 142 cm³/mol. The van der Waals surface area contributed by atoms with Crippen LogP contribution in [-0.2, 0) is 26.6 Å². The Bertz CT molecular complexity index is 1200. The van der Waals surface area contributed by atoms with Crippen molar-refractivity contribution >= 4 is 34.8 Å². The van der Waals surface area contributed by atoms with Gasteiger partial charge in [-0.2, -0.15) is 0 Å². The molecule has 2 unspecified atom stereocenters. The Balaban J connectivity index is 1.20. The zero-order valence-electron chi connectivity index (χ0n) is 20.7. The molecule has 3 heterocycles. The van der Waals surface area contributed by atoms with Crippen LogP contribution in [0.25, 0.3) is 0 Å². The van der Waals surface area contributed by atoms with Gasteiger partial charge in [0.25, 0.3) is 0 Å². The SMILES string of the molecule is CCC(=O)N1CCN(c2ccc(OCC3COC(Cn4ccnc4)(c4ccc(Cl)cc4Cl)O3)cc2)CC1. The van der Waals surface area contributed by atoms with Crippen LogP contribution >= 0.6 is 23.2 Å². The number of amides is 1. The van der Waals surface area contributed by atoms with Crippen molar-refractivity contribution < 1.29 is 19.0 Å². The fraction of sp³-hybridized carbons (Fsp3) is 0.407. The zero-order valence-corrected chi connectivity index (χ0v) is 22.2. The summed E-state index contributed by atoms with van der Waals surface area (Å²) in [4.78, 5) is 20.3. The molecule has 0 saturated carbocycles. The molecule has 2 aromatic carbocycles. The second kappa shape index (κ2) is 11.3. The van der Waals surface area contributed by atoms with E-state index in [0.29, 0.717) is 41.8 Å². The Morgan fingerprint density at radius 1 is 1.14 bits per heavy atom. The maximum absolute atomic E-state index is 11.9. The number of benzene rings is 2. The Morgan fingerprint density at radius 2 is 1.92 bits per heavy atom. The van der Waals surface area contributed by atoms with E-state index in [0.717, 1.165) is 37.6 Å². The molecule has 0 spiro atoms. The van der Waals surface area contributed by atoms with Gasteiger partial charge in [-0.3, -0.25) is 4.79 Å². The fourth-order valence-electron chi connectivity index (χ4n) is 4.76. The van der Waals surface area contributed by atoms with E-state index in [1.807, 2.05) is 40.8 Å². The summed E-state index contributed by atoms with van der Waals surface area (Å²) in [6.07, 6.45) is 5.54. The van der Waals surface area contributed by atoms with Crippen molar-refractivity contribution in [2.75, 3.05) is 44.3 Å². The van der Waals surface area contributed by atoms with Crippen LogP contribution in [0.4, 0.5) is 5.69 Å². The number of rotatable bonds is 8. The quantitative estimate of drug-likeness (QED) is 0.413. The van der Waals surface area contributed by atoms with Crippen LogP contribution in [0.5, 0.6) is 5.75 Å². The first kappa shape index (κ1) is 25.9. The molecule has 1 aromatic heterocycles. The van der Waals surface area contributed by atoms with Gasteiger partial charge in [0.2, 0.25) is 11.7 Å². The Morgan fingerprint density at radius 3 is 2.59 bits per heavy atom. The topological polar surface area (TPSA) is 69.1 Å². The first-order valence-corrected chi connectivity index (χ1v) is 13.2. The molecule has 196 valence electrons. The minimum atomic E-state index is -1.08. The van der Waals surface area contributed by atoms with E-state index in [4.69, 9.17) is 37.4 Å². The van der Waals surface area contributed by atoms with Crippen LogP contribution in [0.1, 0.15) is 18.9 Å². The molecule has 2 atom stereocenters. The van der Waals surface area contributed by atoms with Gasteiger partial charge in [-0.25, -0.2) is 4.98 Å². The molecule has 1 amide bonds. The summed E-state index contributed by atoms with van der Waals surface area (Å²) < 4.78 is 20.6. The lowest BCUT2D eigenvalue weighted by atomic mass is 10.1. The summed E-state index contributed by atoms with van der Waals surface area (Å²) in [6.45, 7) is 6.13. The van der Waals surface area contributed by atoms with E-state index in [1.165, 1.54) is 0 Å². The Kier molecular flexibility index (Phi) is 7.90. The molecule has 5 rings (SSSR count). The number of hydrogen-bond acceptors (Lipinski definition) is 6. The lowest BCUT2D eigenvalue weighted by Gasteiger charge is -2.36. The highest BCUT2D eigenvalue weighted by Gasteiger charge is 2.45. The maximum atomic E-state index is 11.9.